The molecule has 0 fully saturated rings. The van der Waals surface area contributed by atoms with Gasteiger partial charge in [-0.15, -0.1) is 0 Å². The first-order chi connectivity index (χ1) is 8.20. The molecule has 18 heavy (non-hydrogen) atoms. The summed E-state index contributed by atoms with van der Waals surface area (Å²) in [6.07, 6.45) is -8.46. The van der Waals surface area contributed by atoms with Crippen LogP contribution in [0, 0.1) is 11.3 Å². The van der Waals surface area contributed by atoms with Crippen LogP contribution in [0.4, 0.5) is 22.0 Å². The molecule has 9 heteroatoms. The fourth-order valence-corrected chi connectivity index (χ4v) is 1.27. The summed E-state index contributed by atoms with van der Waals surface area (Å²) < 4.78 is 62.5. The first-order valence-electron chi connectivity index (χ1n) is 4.21. The van der Waals surface area contributed by atoms with E-state index in [0.717, 1.165) is 0 Å². The molecule has 4 nitrogen and oxygen atoms in total. The molecule has 0 saturated carbocycles. The van der Waals surface area contributed by atoms with Crippen molar-refractivity contribution in [3.63, 3.8) is 0 Å². The maximum Gasteiger partial charge on any atom is 0.434 e. The van der Waals surface area contributed by atoms with E-state index in [-0.39, 0.29) is 6.20 Å². The molecular weight excluding hydrogens is 263 g/mol. The van der Waals surface area contributed by atoms with Crippen molar-refractivity contribution in [2.24, 2.45) is 0 Å². The lowest BCUT2D eigenvalue weighted by molar-refractivity contribution is -0.141. The van der Waals surface area contributed by atoms with Crippen molar-refractivity contribution in [3.8, 4) is 6.07 Å². The topological polar surface area (TPSA) is 74.0 Å². The fraction of sp³-hybridized carbons (Fsp3) is 0.222. The number of nitriles is 1. The van der Waals surface area contributed by atoms with E-state index >= 15 is 0 Å². The Morgan fingerprint density at radius 1 is 1.44 bits per heavy atom. The number of carboxylic acid groups (broad SMARTS) is 1. The second-order valence-corrected chi connectivity index (χ2v) is 3.02. The van der Waals surface area contributed by atoms with Crippen LogP contribution in [0.5, 0.6) is 0 Å². The van der Waals surface area contributed by atoms with E-state index in [1.807, 2.05) is 0 Å². The van der Waals surface area contributed by atoms with Gasteiger partial charge in [0.05, 0.1) is 11.1 Å². The van der Waals surface area contributed by atoms with Gasteiger partial charge >= 0.3 is 12.1 Å². The molecule has 1 N–H and O–H groups in total. The molecule has 0 aliphatic heterocycles. The second kappa shape index (κ2) is 4.56. The number of carboxylic acids is 1. The summed E-state index contributed by atoms with van der Waals surface area (Å²) in [6.45, 7) is 0. The van der Waals surface area contributed by atoms with Crippen molar-refractivity contribution in [1.82, 2.24) is 4.98 Å². The largest absolute Gasteiger partial charge is 0.478 e. The molecule has 96 valence electrons. The molecule has 0 aliphatic carbocycles. The van der Waals surface area contributed by atoms with Gasteiger partial charge < -0.3 is 5.11 Å². The maximum absolute atomic E-state index is 12.6. The summed E-state index contributed by atoms with van der Waals surface area (Å²) in [5.41, 5.74) is -6.04. The van der Waals surface area contributed by atoms with Crippen LogP contribution in [0.2, 0.25) is 0 Å². The summed E-state index contributed by atoms with van der Waals surface area (Å²) in [4.78, 5) is 13.4. The standard InChI is InChI=1S/C9H3F5N2O2/c10-7(11)4-3(1-15)2-16-6(9(12,13)14)5(4)8(17)18/h2,7H,(H,17,18). The Hall–Kier alpha value is -2.24. The molecule has 0 radical (unpaired) electrons. The molecule has 0 aromatic carbocycles. The monoisotopic (exact) mass is 266 g/mol. The van der Waals surface area contributed by atoms with Crippen molar-refractivity contribution >= 4 is 5.97 Å². The predicted molar refractivity (Wildman–Crippen MR) is 45.9 cm³/mol. The van der Waals surface area contributed by atoms with E-state index in [4.69, 9.17) is 10.4 Å². The number of aromatic nitrogens is 1. The Balaban J connectivity index is 3.76. The molecule has 1 aromatic heterocycles. The van der Waals surface area contributed by atoms with Gasteiger partial charge in [-0.25, -0.2) is 18.6 Å². The minimum absolute atomic E-state index is 0.275. The first kappa shape index (κ1) is 13.8. The van der Waals surface area contributed by atoms with Gasteiger partial charge in [-0.1, -0.05) is 0 Å². The number of alkyl halides is 5. The summed E-state index contributed by atoms with van der Waals surface area (Å²) in [6, 6.07) is 1.18. The molecule has 0 amide bonds. The molecule has 0 atom stereocenters. The third-order valence-corrected chi connectivity index (χ3v) is 1.94. The van der Waals surface area contributed by atoms with Crippen molar-refractivity contribution in [2.45, 2.75) is 12.6 Å². The van der Waals surface area contributed by atoms with Crippen molar-refractivity contribution < 1.29 is 31.9 Å². The average molecular weight is 266 g/mol. The highest BCUT2D eigenvalue weighted by Gasteiger charge is 2.40. The molecular formula is C9H3F5N2O2. The number of hydrogen-bond donors (Lipinski definition) is 1. The third kappa shape index (κ3) is 2.37. The summed E-state index contributed by atoms with van der Waals surface area (Å²) in [5.74, 6) is -2.22. The summed E-state index contributed by atoms with van der Waals surface area (Å²) >= 11 is 0. The quantitative estimate of drug-likeness (QED) is 0.835. The zero-order chi connectivity index (χ0) is 14.1. The Morgan fingerprint density at radius 2 is 2.00 bits per heavy atom. The van der Waals surface area contributed by atoms with Crippen LogP contribution in [0.3, 0.4) is 0 Å². The highest BCUT2D eigenvalue weighted by Crippen LogP contribution is 2.36. The van der Waals surface area contributed by atoms with Crippen LogP contribution in [0.25, 0.3) is 0 Å². The van der Waals surface area contributed by atoms with Gasteiger partial charge in [0.25, 0.3) is 6.43 Å². The zero-order valence-electron chi connectivity index (χ0n) is 8.29. The average Bonchev–Trinajstić information content (AvgIpc) is 2.25. The van der Waals surface area contributed by atoms with Crippen LogP contribution in [-0.2, 0) is 6.18 Å². The molecule has 0 spiro atoms. The number of carbonyl (C=O) groups is 1. The third-order valence-electron chi connectivity index (χ3n) is 1.94. The predicted octanol–water partition coefficient (Wildman–Crippen LogP) is 2.61. The number of halogens is 5. The smallest absolute Gasteiger partial charge is 0.434 e. The van der Waals surface area contributed by atoms with Crippen LogP contribution in [-0.4, -0.2) is 16.1 Å². The van der Waals surface area contributed by atoms with Gasteiger partial charge in [0.2, 0.25) is 0 Å². The second-order valence-electron chi connectivity index (χ2n) is 3.02. The Morgan fingerprint density at radius 3 is 2.33 bits per heavy atom. The van der Waals surface area contributed by atoms with Crippen molar-refractivity contribution in [3.05, 3.63) is 28.6 Å². The highest BCUT2D eigenvalue weighted by atomic mass is 19.4. The summed E-state index contributed by atoms with van der Waals surface area (Å²) in [5, 5.41) is 17.1. The SMILES string of the molecule is N#Cc1cnc(C(F)(F)F)c(C(=O)O)c1C(F)F. The first-order valence-corrected chi connectivity index (χ1v) is 4.21. The van der Waals surface area contributed by atoms with Crippen molar-refractivity contribution in [2.75, 3.05) is 0 Å². The lowest BCUT2D eigenvalue weighted by Gasteiger charge is -2.13. The van der Waals surface area contributed by atoms with E-state index in [9.17, 15) is 26.7 Å². The van der Waals surface area contributed by atoms with E-state index in [0.29, 0.717) is 0 Å². The van der Waals surface area contributed by atoms with Gasteiger partial charge in [-0.05, 0) is 0 Å². The van der Waals surface area contributed by atoms with Crippen LogP contribution >= 0.6 is 0 Å². The van der Waals surface area contributed by atoms with Gasteiger partial charge in [0, 0.05) is 6.20 Å². The van der Waals surface area contributed by atoms with Gasteiger partial charge in [0.1, 0.15) is 11.6 Å². The lowest BCUT2D eigenvalue weighted by Crippen LogP contribution is -2.19. The fourth-order valence-electron chi connectivity index (χ4n) is 1.27. The van der Waals surface area contributed by atoms with Gasteiger partial charge in [-0.3, -0.25) is 0 Å². The lowest BCUT2D eigenvalue weighted by atomic mass is 10.0. The molecule has 0 unspecified atom stereocenters. The number of aromatic carboxylic acids is 1. The zero-order valence-corrected chi connectivity index (χ0v) is 8.29. The molecule has 0 saturated heterocycles. The van der Waals surface area contributed by atoms with Crippen LogP contribution in [0.1, 0.15) is 33.6 Å². The van der Waals surface area contributed by atoms with Crippen LogP contribution in [0.15, 0.2) is 6.20 Å². The maximum atomic E-state index is 12.6. The molecule has 1 aromatic rings. The molecule has 1 heterocycles. The minimum Gasteiger partial charge on any atom is -0.478 e. The number of pyridine rings is 1. The van der Waals surface area contributed by atoms with Gasteiger partial charge in [0.15, 0.2) is 5.69 Å². The minimum atomic E-state index is -5.20. The van der Waals surface area contributed by atoms with E-state index < -0.39 is 41.0 Å². The Kier molecular flexibility index (Phi) is 3.50. The van der Waals surface area contributed by atoms with Crippen LogP contribution < -0.4 is 0 Å². The van der Waals surface area contributed by atoms with Gasteiger partial charge in [-0.2, -0.15) is 18.4 Å². The Labute approximate surface area is 96.3 Å². The molecule has 1 rings (SSSR count). The number of nitrogens with zero attached hydrogens (tertiary/aromatic N) is 2. The number of hydrogen-bond acceptors (Lipinski definition) is 3. The molecule has 0 bridgehead atoms. The molecule has 0 aliphatic rings. The van der Waals surface area contributed by atoms with E-state index in [1.54, 1.807) is 0 Å². The van der Waals surface area contributed by atoms with Crippen molar-refractivity contribution in [1.29, 1.82) is 5.26 Å². The normalized spacial score (nSPS) is 11.4. The highest BCUT2D eigenvalue weighted by molar-refractivity contribution is 5.91. The summed E-state index contributed by atoms with van der Waals surface area (Å²) in [7, 11) is 0. The Bertz CT molecular complexity index is 533. The number of rotatable bonds is 2. The van der Waals surface area contributed by atoms with E-state index in [2.05, 4.69) is 4.98 Å². The van der Waals surface area contributed by atoms with E-state index in [1.165, 1.54) is 6.07 Å².